The lowest BCUT2D eigenvalue weighted by atomic mass is 10.1. The van der Waals surface area contributed by atoms with Crippen LogP contribution in [0.3, 0.4) is 0 Å². The molecule has 1 N–H and O–H groups in total. The summed E-state index contributed by atoms with van der Waals surface area (Å²) in [6, 6.07) is 2.73. The lowest BCUT2D eigenvalue weighted by Crippen LogP contribution is -2.22. The van der Waals surface area contributed by atoms with Crippen LogP contribution in [0.4, 0.5) is 0 Å². The van der Waals surface area contributed by atoms with E-state index in [4.69, 9.17) is 9.47 Å². The van der Waals surface area contributed by atoms with Gasteiger partial charge in [-0.05, 0) is 58.2 Å². The average Bonchev–Trinajstić information content (AvgIpc) is 3.03. The van der Waals surface area contributed by atoms with Crippen molar-refractivity contribution >= 4 is 11.3 Å². The van der Waals surface area contributed by atoms with Gasteiger partial charge < -0.3 is 14.8 Å². The Morgan fingerprint density at radius 1 is 1.50 bits per heavy atom. The molecule has 4 heteroatoms. The van der Waals surface area contributed by atoms with Crippen LogP contribution in [0.25, 0.3) is 0 Å². The van der Waals surface area contributed by atoms with Gasteiger partial charge in [-0.1, -0.05) is 0 Å². The molecule has 2 atom stereocenters. The average molecular weight is 297 g/mol. The van der Waals surface area contributed by atoms with Gasteiger partial charge in [0, 0.05) is 29.0 Å². The van der Waals surface area contributed by atoms with Crippen molar-refractivity contribution in [2.24, 2.45) is 0 Å². The molecule has 1 aromatic rings. The Bertz CT molecular complexity index is 399. The Labute approximate surface area is 126 Å². The topological polar surface area (TPSA) is 30.5 Å². The summed E-state index contributed by atoms with van der Waals surface area (Å²) in [5.41, 5.74) is 1.44. The fourth-order valence-electron chi connectivity index (χ4n) is 2.67. The second-order valence-corrected chi connectivity index (χ2v) is 7.07. The highest BCUT2D eigenvalue weighted by molar-refractivity contribution is 7.12. The predicted molar refractivity (Wildman–Crippen MR) is 84.6 cm³/mol. The molecule has 1 fully saturated rings. The molecule has 1 aliphatic heterocycles. The molecule has 0 aliphatic carbocycles. The van der Waals surface area contributed by atoms with E-state index in [-0.39, 0.29) is 0 Å². The molecular formula is C16H27NO2S. The first-order valence-corrected chi connectivity index (χ1v) is 8.48. The minimum atomic E-state index is 0.346. The fourth-order valence-corrected chi connectivity index (χ4v) is 3.70. The molecule has 1 aliphatic rings. The number of thiophene rings is 1. The molecule has 0 amide bonds. The molecule has 2 heterocycles. The van der Waals surface area contributed by atoms with E-state index in [0.717, 1.165) is 39.2 Å². The maximum atomic E-state index is 5.67. The third kappa shape index (κ3) is 4.85. The Hall–Kier alpha value is -0.420. The summed E-state index contributed by atoms with van der Waals surface area (Å²) < 4.78 is 11.2. The first-order valence-electron chi connectivity index (χ1n) is 7.66. The molecule has 3 nitrogen and oxygen atoms in total. The van der Waals surface area contributed by atoms with Crippen LogP contribution in [0.2, 0.25) is 0 Å². The largest absolute Gasteiger partial charge is 0.379 e. The molecule has 0 aromatic carbocycles. The van der Waals surface area contributed by atoms with Crippen molar-refractivity contribution in [3.05, 3.63) is 21.4 Å². The van der Waals surface area contributed by atoms with Gasteiger partial charge >= 0.3 is 0 Å². The number of hydrogen-bond donors (Lipinski definition) is 1. The third-order valence-corrected chi connectivity index (χ3v) is 4.77. The molecule has 20 heavy (non-hydrogen) atoms. The van der Waals surface area contributed by atoms with Crippen LogP contribution in [-0.4, -0.2) is 32.5 Å². The summed E-state index contributed by atoms with van der Waals surface area (Å²) in [7, 11) is 0. The monoisotopic (exact) mass is 297 g/mol. The van der Waals surface area contributed by atoms with Crippen molar-refractivity contribution in [3.8, 4) is 0 Å². The van der Waals surface area contributed by atoms with E-state index in [1.807, 2.05) is 11.3 Å². The Balaban J connectivity index is 1.55. The van der Waals surface area contributed by atoms with Crippen molar-refractivity contribution in [3.63, 3.8) is 0 Å². The van der Waals surface area contributed by atoms with Crippen LogP contribution >= 0.6 is 11.3 Å². The minimum absolute atomic E-state index is 0.346. The number of nitrogens with one attached hydrogen (secondary N) is 1. The maximum absolute atomic E-state index is 5.67. The van der Waals surface area contributed by atoms with Crippen LogP contribution in [0.5, 0.6) is 0 Å². The van der Waals surface area contributed by atoms with E-state index >= 15 is 0 Å². The third-order valence-electron chi connectivity index (χ3n) is 3.79. The quantitative estimate of drug-likeness (QED) is 0.744. The summed E-state index contributed by atoms with van der Waals surface area (Å²) in [4.78, 5) is 2.82. The first-order chi connectivity index (χ1) is 9.66. The molecule has 114 valence electrons. The van der Waals surface area contributed by atoms with Crippen molar-refractivity contribution in [1.29, 1.82) is 0 Å². The van der Waals surface area contributed by atoms with Crippen LogP contribution < -0.4 is 5.32 Å². The van der Waals surface area contributed by atoms with Gasteiger partial charge in [0.15, 0.2) is 0 Å². The molecule has 0 saturated carbocycles. The number of hydrogen-bond acceptors (Lipinski definition) is 4. The van der Waals surface area contributed by atoms with Gasteiger partial charge in [-0.3, -0.25) is 0 Å². The van der Waals surface area contributed by atoms with Crippen molar-refractivity contribution in [2.45, 2.75) is 52.2 Å². The zero-order chi connectivity index (χ0) is 14.4. The normalized spacial score (nSPS) is 20.4. The summed E-state index contributed by atoms with van der Waals surface area (Å²) in [6.45, 7) is 10.1. The molecule has 1 saturated heterocycles. The molecule has 0 bridgehead atoms. The standard InChI is InChI=1S/C16H27NO2S/c1-12-10-16(14(3)20-12)13(2)17-7-5-8-18-11-15-6-4-9-19-15/h10,13,15,17H,4-9,11H2,1-3H3. The van der Waals surface area contributed by atoms with E-state index in [2.05, 4.69) is 32.2 Å². The maximum Gasteiger partial charge on any atom is 0.0809 e. The molecule has 0 radical (unpaired) electrons. The highest BCUT2D eigenvalue weighted by Gasteiger charge is 2.15. The van der Waals surface area contributed by atoms with Crippen LogP contribution in [-0.2, 0) is 9.47 Å². The fraction of sp³-hybridized carbons (Fsp3) is 0.750. The lowest BCUT2D eigenvalue weighted by Gasteiger charge is -2.14. The molecule has 0 spiro atoms. The van der Waals surface area contributed by atoms with E-state index < -0.39 is 0 Å². The van der Waals surface area contributed by atoms with Gasteiger partial charge in [0.05, 0.1) is 12.7 Å². The van der Waals surface area contributed by atoms with Crippen molar-refractivity contribution < 1.29 is 9.47 Å². The highest BCUT2D eigenvalue weighted by Crippen LogP contribution is 2.25. The molecule has 2 rings (SSSR count). The Morgan fingerprint density at radius 3 is 3.00 bits per heavy atom. The van der Waals surface area contributed by atoms with E-state index in [1.165, 1.54) is 21.7 Å². The summed E-state index contributed by atoms with van der Waals surface area (Å²) in [5, 5.41) is 3.58. The van der Waals surface area contributed by atoms with E-state index in [9.17, 15) is 0 Å². The van der Waals surface area contributed by atoms with Gasteiger partial charge in [-0.25, -0.2) is 0 Å². The van der Waals surface area contributed by atoms with Crippen LogP contribution in [0.15, 0.2) is 6.07 Å². The van der Waals surface area contributed by atoms with Crippen LogP contribution in [0, 0.1) is 13.8 Å². The smallest absolute Gasteiger partial charge is 0.0809 e. The van der Waals surface area contributed by atoms with Gasteiger partial charge in [-0.15, -0.1) is 11.3 Å². The second kappa shape index (κ2) is 8.13. The summed E-state index contributed by atoms with van der Waals surface area (Å²) >= 11 is 1.88. The van der Waals surface area contributed by atoms with Crippen molar-refractivity contribution in [2.75, 3.05) is 26.4 Å². The summed E-state index contributed by atoms with van der Waals surface area (Å²) in [5.74, 6) is 0. The van der Waals surface area contributed by atoms with E-state index in [1.54, 1.807) is 0 Å². The highest BCUT2D eigenvalue weighted by atomic mass is 32.1. The summed E-state index contributed by atoms with van der Waals surface area (Å²) in [6.07, 6.45) is 3.75. The number of ether oxygens (including phenoxy) is 2. The predicted octanol–water partition coefficient (Wildman–Crippen LogP) is 3.60. The SMILES string of the molecule is Cc1cc(C(C)NCCCOCC2CCCO2)c(C)s1. The molecular weight excluding hydrogens is 270 g/mol. The number of rotatable bonds is 8. The molecule has 2 unspecified atom stereocenters. The Kier molecular flexibility index (Phi) is 6.49. The second-order valence-electron chi connectivity index (χ2n) is 5.61. The molecule has 1 aromatic heterocycles. The zero-order valence-electron chi connectivity index (χ0n) is 12.9. The zero-order valence-corrected chi connectivity index (χ0v) is 13.7. The van der Waals surface area contributed by atoms with Gasteiger partial charge in [0.2, 0.25) is 0 Å². The minimum Gasteiger partial charge on any atom is -0.379 e. The van der Waals surface area contributed by atoms with Gasteiger partial charge in [0.25, 0.3) is 0 Å². The van der Waals surface area contributed by atoms with Crippen molar-refractivity contribution in [1.82, 2.24) is 5.32 Å². The van der Waals surface area contributed by atoms with E-state index in [0.29, 0.717) is 12.1 Å². The number of aryl methyl sites for hydroxylation is 2. The van der Waals surface area contributed by atoms with Gasteiger partial charge in [0.1, 0.15) is 0 Å². The first kappa shape index (κ1) is 16.0. The lowest BCUT2D eigenvalue weighted by molar-refractivity contribution is 0.0165. The Morgan fingerprint density at radius 2 is 2.35 bits per heavy atom. The van der Waals surface area contributed by atoms with Crippen LogP contribution in [0.1, 0.15) is 47.5 Å². The van der Waals surface area contributed by atoms with Gasteiger partial charge in [-0.2, -0.15) is 0 Å².